The third-order valence-electron chi connectivity index (χ3n) is 2.66. The van der Waals surface area contributed by atoms with Gasteiger partial charge in [-0.15, -0.1) is 0 Å². The zero-order valence-corrected chi connectivity index (χ0v) is 9.30. The van der Waals surface area contributed by atoms with E-state index in [0.29, 0.717) is 18.7 Å². The van der Waals surface area contributed by atoms with Gasteiger partial charge in [0.2, 0.25) is 5.91 Å². The number of hydrazine groups is 1. The molecule has 1 aliphatic heterocycles. The molecule has 0 N–H and O–H groups in total. The predicted octanol–water partition coefficient (Wildman–Crippen LogP) is 1.37. The summed E-state index contributed by atoms with van der Waals surface area (Å²) in [6, 6.07) is 5.82. The average molecular weight is 236 g/mol. The van der Waals surface area contributed by atoms with E-state index in [-0.39, 0.29) is 12.5 Å². The highest BCUT2D eigenvalue weighted by molar-refractivity contribution is 5.93. The Labute approximate surface area is 98.6 Å². The van der Waals surface area contributed by atoms with Crippen LogP contribution in [0.1, 0.15) is 12.8 Å². The summed E-state index contributed by atoms with van der Waals surface area (Å²) in [5.41, 5.74) is 0.469. The molecule has 0 aromatic heterocycles. The van der Waals surface area contributed by atoms with Gasteiger partial charge in [0.1, 0.15) is 12.1 Å². The number of nitrogens with zero attached hydrogens (tertiary/aromatic N) is 2. The molecule has 1 fully saturated rings. The maximum Gasteiger partial charge on any atom is 0.241 e. The van der Waals surface area contributed by atoms with Gasteiger partial charge in [0, 0.05) is 13.0 Å². The molecule has 5 heteroatoms. The summed E-state index contributed by atoms with van der Waals surface area (Å²) in [5, 5.41) is 3.02. The lowest BCUT2D eigenvalue weighted by molar-refractivity contribution is -0.124. The molecule has 0 radical (unpaired) electrons. The van der Waals surface area contributed by atoms with Gasteiger partial charge < -0.3 is 4.79 Å². The fourth-order valence-electron chi connectivity index (χ4n) is 1.95. The Balaban J connectivity index is 2.30. The standard InChI is InChI=1S/C12H13FN2O2/c13-10-3-1-4-11(9-10)15-12(17)5-2-6-14(15)7-8-16/h1,3-4,8-9H,2,5-7H2. The zero-order valence-electron chi connectivity index (χ0n) is 9.30. The number of amides is 1. The van der Waals surface area contributed by atoms with Crippen LogP contribution in [0.4, 0.5) is 10.1 Å². The summed E-state index contributed by atoms with van der Waals surface area (Å²) in [6.07, 6.45) is 1.88. The van der Waals surface area contributed by atoms with Gasteiger partial charge in [-0.1, -0.05) is 6.07 Å². The van der Waals surface area contributed by atoms with Crippen LogP contribution in [-0.4, -0.2) is 30.3 Å². The van der Waals surface area contributed by atoms with Crippen LogP contribution in [-0.2, 0) is 9.59 Å². The van der Waals surface area contributed by atoms with Gasteiger partial charge in [-0.05, 0) is 24.6 Å². The van der Waals surface area contributed by atoms with Crippen LogP contribution in [0.3, 0.4) is 0 Å². The molecule has 0 bridgehead atoms. The molecule has 1 heterocycles. The van der Waals surface area contributed by atoms with Crippen molar-refractivity contribution in [3.8, 4) is 0 Å². The smallest absolute Gasteiger partial charge is 0.241 e. The third-order valence-corrected chi connectivity index (χ3v) is 2.66. The van der Waals surface area contributed by atoms with Gasteiger partial charge in [-0.25, -0.2) is 14.4 Å². The van der Waals surface area contributed by atoms with Gasteiger partial charge in [0.05, 0.1) is 12.2 Å². The van der Waals surface area contributed by atoms with Crippen LogP contribution >= 0.6 is 0 Å². The zero-order chi connectivity index (χ0) is 12.3. The minimum Gasteiger partial charge on any atom is -0.302 e. The van der Waals surface area contributed by atoms with Gasteiger partial charge in [-0.3, -0.25) is 4.79 Å². The van der Waals surface area contributed by atoms with Crippen molar-refractivity contribution >= 4 is 17.9 Å². The molecule has 17 heavy (non-hydrogen) atoms. The van der Waals surface area contributed by atoms with Crippen LogP contribution in [0.25, 0.3) is 0 Å². The first-order valence-electron chi connectivity index (χ1n) is 5.49. The van der Waals surface area contributed by atoms with Gasteiger partial charge in [-0.2, -0.15) is 0 Å². The van der Waals surface area contributed by atoms with Crippen LogP contribution in [0, 0.1) is 5.82 Å². The van der Waals surface area contributed by atoms with E-state index in [4.69, 9.17) is 0 Å². The highest BCUT2D eigenvalue weighted by Crippen LogP contribution is 2.22. The Morgan fingerprint density at radius 1 is 1.41 bits per heavy atom. The highest BCUT2D eigenvalue weighted by Gasteiger charge is 2.27. The number of carbonyl (C=O) groups is 2. The van der Waals surface area contributed by atoms with Crippen LogP contribution in [0.2, 0.25) is 0 Å². The van der Waals surface area contributed by atoms with Crippen molar-refractivity contribution in [3.05, 3.63) is 30.1 Å². The summed E-state index contributed by atoms with van der Waals surface area (Å²) in [5.74, 6) is -0.504. The fourth-order valence-corrected chi connectivity index (χ4v) is 1.95. The molecule has 4 nitrogen and oxygen atoms in total. The molecule has 1 aromatic rings. The number of carbonyl (C=O) groups excluding carboxylic acids is 2. The number of hydrogen-bond donors (Lipinski definition) is 0. The van der Waals surface area contributed by atoms with Crippen LogP contribution in [0.5, 0.6) is 0 Å². The molecule has 0 atom stereocenters. The predicted molar refractivity (Wildman–Crippen MR) is 60.8 cm³/mol. The summed E-state index contributed by atoms with van der Waals surface area (Å²) < 4.78 is 13.1. The van der Waals surface area contributed by atoms with Crippen LogP contribution in [0.15, 0.2) is 24.3 Å². The lowest BCUT2D eigenvalue weighted by Gasteiger charge is -2.37. The van der Waals surface area contributed by atoms with Crippen molar-refractivity contribution in [1.82, 2.24) is 5.01 Å². The Hall–Kier alpha value is -1.75. The first-order valence-corrected chi connectivity index (χ1v) is 5.49. The molecule has 0 unspecified atom stereocenters. The third kappa shape index (κ3) is 2.50. The molecule has 1 aliphatic rings. The Kier molecular flexibility index (Phi) is 3.49. The SMILES string of the molecule is O=CCN1CCCC(=O)N1c1cccc(F)c1. The van der Waals surface area contributed by atoms with Gasteiger partial charge >= 0.3 is 0 Å². The van der Waals surface area contributed by atoms with Crippen molar-refractivity contribution in [1.29, 1.82) is 0 Å². The summed E-state index contributed by atoms with van der Waals surface area (Å²) in [7, 11) is 0. The quantitative estimate of drug-likeness (QED) is 0.744. The maximum absolute atomic E-state index is 13.1. The van der Waals surface area contributed by atoms with E-state index in [1.54, 1.807) is 17.1 Å². The van der Waals surface area contributed by atoms with E-state index >= 15 is 0 Å². The molecule has 90 valence electrons. The Morgan fingerprint density at radius 2 is 2.24 bits per heavy atom. The fraction of sp³-hybridized carbons (Fsp3) is 0.333. The number of hydrogen-bond acceptors (Lipinski definition) is 3. The van der Waals surface area contributed by atoms with Crippen molar-refractivity contribution in [3.63, 3.8) is 0 Å². The van der Waals surface area contributed by atoms with Gasteiger partial charge in [0.25, 0.3) is 0 Å². The molecule has 0 saturated carbocycles. The normalized spacial score (nSPS) is 17.2. The largest absolute Gasteiger partial charge is 0.302 e. The molecule has 0 aliphatic carbocycles. The monoisotopic (exact) mass is 236 g/mol. The first-order chi connectivity index (χ1) is 8.22. The second-order valence-corrected chi connectivity index (χ2v) is 3.87. The van der Waals surface area contributed by atoms with Crippen LogP contribution < -0.4 is 5.01 Å². The van der Waals surface area contributed by atoms with E-state index in [1.807, 2.05) is 0 Å². The van der Waals surface area contributed by atoms with Crippen molar-refractivity contribution in [2.24, 2.45) is 0 Å². The maximum atomic E-state index is 13.1. The molecule has 1 saturated heterocycles. The minimum absolute atomic E-state index is 0.108. The van der Waals surface area contributed by atoms with E-state index in [0.717, 1.165) is 12.7 Å². The number of benzene rings is 1. The second-order valence-electron chi connectivity index (χ2n) is 3.87. The summed E-state index contributed by atoms with van der Waals surface area (Å²) in [4.78, 5) is 22.4. The average Bonchev–Trinajstić information content (AvgIpc) is 2.29. The van der Waals surface area contributed by atoms with E-state index < -0.39 is 5.82 Å². The number of rotatable bonds is 3. The van der Waals surface area contributed by atoms with Crippen molar-refractivity contribution in [2.75, 3.05) is 18.1 Å². The molecule has 1 aromatic carbocycles. The molecular weight excluding hydrogens is 223 g/mol. The number of aldehydes is 1. The van der Waals surface area contributed by atoms with E-state index in [2.05, 4.69) is 0 Å². The lowest BCUT2D eigenvalue weighted by atomic mass is 10.2. The van der Waals surface area contributed by atoms with Gasteiger partial charge in [0.15, 0.2) is 0 Å². The molecule has 1 amide bonds. The van der Waals surface area contributed by atoms with E-state index in [9.17, 15) is 14.0 Å². The topological polar surface area (TPSA) is 40.6 Å². The lowest BCUT2D eigenvalue weighted by Crippen LogP contribution is -2.51. The van der Waals surface area contributed by atoms with Crippen molar-refractivity contribution in [2.45, 2.75) is 12.8 Å². The molecule has 2 rings (SSSR count). The minimum atomic E-state index is -0.396. The number of anilines is 1. The molecule has 0 spiro atoms. The highest BCUT2D eigenvalue weighted by atomic mass is 19.1. The summed E-state index contributed by atoms with van der Waals surface area (Å²) >= 11 is 0. The Bertz CT molecular complexity index is 436. The Morgan fingerprint density at radius 3 is 2.94 bits per heavy atom. The first kappa shape index (κ1) is 11.7. The summed E-state index contributed by atoms with van der Waals surface area (Å²) in [6.45, 7) is 0.767. The number of halogens is 1. The second kappa shape index (κ2) is 5.05. The van der Waals surface area contributed by atoms with Crippen molar-refractivity contribution < 1.29 is 14.0 Å². The van der Waals surface area contributed by atoms with E-state index in [1.165, 1.54) is 17.1 Å². The molecular formula is C12H13FN2O2.